The van der Waals surface area contributed by atoms with Gasteiger partial charge in [-0.2, -0.15) is 0 Å². The van der Waals surface area contributed by atoms with Gasteiger partial charge in [0.25, 0.3) is 11.6 Å². The molecule has 1 unspecified atom stereocenters. The Labute approximate surface area is 117 Å². The predicted molar refractivity (Wildman–Crippen MR) is 74.7 cm³/mol. The standard InChI is InChI=1S/C13H20N4O3/c1-14-8-10-5-3-4-6-16(10)13(18)12-7-11(17(19)20)9-15(12)2/h7,9-10,14H,3-6,8H2,1-2H3. The Kier molecular flexibility index (Phi) is 4.39. The molecule has 0 spiro atoms. The topological polar surface area (TPSA) is 80.4 Å². The molecular formula is C13H20N4O3. The van der Waals surface area contributed by atoms with Crippen LogP contribution >= 0.6 is 0 Å². The maximum atomic E-state index is 12.6. The number of nitro groups is 1. The number of likely N-dealkylation sites (N-methyl/N-ethyl adjacent to an activating group) is 1. The molecule has 0 radical (unpaired) electrons. The highest BCUT2D eigenvalue weighted by Gasteiger charge is 2.29. The van der Waals surface area contributed by atoms with Crippen LogP contribution in [0, 0.1) is 10.1 Å². The van der Waals surface area contributed by atoms with E-state index in [9.17, 15) is 14.9 Å². The van der Waals surface area contributed by atoms with Gasteiger partial charge in [-0.15, -0.1) is 0 Å². The predicted octanol–water partition coefficient (Wildman–Crippen LogP) is 1.15. The van der Waals surface area contributed by atoms with E-state index in [1.54, 1.807) is 7.05 Å². The van der Waals surface area contributed by atoms with Gasteiger partial charge in [0, 0.05) is 32.2 Å². The monoisotopic (exact) mass is 280 g/mol. The van der Waals surface area contributed by atoms with Crippen LogP contribution in [0.2, 0.25) is 0 Å². The Morgan fingerprint density at radius 2 is 2.30 bits per heavy atom. The van der Waals surface area contributed by atoms with Gasteiger partial charge in [0.1, 0.15) is 5.69 Å². The van der Waals surface area contributed by atoms with Gasteiger partial charge in [0.05, 0.1) is 11.1 Å². The molecule has 1 aliphatic heterocycles. The van der Waals surface area contributed by atoms with Crippen LogP contribution in [-0.4, -0.2) is 46.5 Å². The molecule has 1 N–H and O–H groups in total. The molecule has 1 aliphatic rings. The fourth-order valence-electron chi connectivity index (χ4n) is 2.72. The van der Waals surface area contributed by atoms with Gasteiger partial charge in [0.2, 0.25) is 0 Å². The third kappa shape index (κ3) is 2.82. The van der Waals surface area contributed by atoms with Crippen LogP contribution in [0.25, 0.3) is 0 Å². The molecule has 1 saturated heterocycles. The number of nitrogens with one attached hydrogen (secondary N) is 1. The summed E-state index contributed by atoms with van der Waals surface area (Å²) in [5.74, 6) is -0.124. The van der Waals surface area contributed by atoms with Crippen LogP contribution in [0.15, 0.2) is 12.3 Å². The number of likely N-dealkylation sites (tertiary alicyclic amines) is 1. The first-order valence-corrected chi connectivity index (χ1v) is 6.81. The van der Waals surface area contributed by atoms with E-state index in [1.807, 2.05) is 11.9 Å². The van der Waals surface area contributed by atoms with E-state index < -0.39 is 4.92 Å². The number of carbonyl (C=O) groups is 1. The number of piperidine rings is 1. The van der Waals surface area contributed by atoms with Crippen molar-refractivity contribution >= 4 is 11.6 Å². The fraction of sp³-hybridized carbons (Fsp3) is 0.615. The van der Waals surface area contributed by atoms with E-state index in [4.69, 9.17) is 0 Å². The Morgan fingerprint density at radius 3 is 2.90 bits per heavy atom. The molecule has 1 atom stereocenters. The Balaban J connectivity index is 2.22. The zero-order valence-electron chi connectivity index (χ0n) is 11.8. The summed E-state index contributed by atoms with van der Waals surface area (Å²) in [6.07, 6.45) is 4.45. The summed E-state index contributed by atoms with van der Waals surface area (Å²) in [6, 6.07) is 1.52. The molecule has 20 heavy (non-hydrogen) atoms. The molecule has 0 aliphatic carbocycles. The molecule has 2 heterocycles. The lowest BCUT2D eigenvalue weighted by Gasteiger charge is -2.35. The first-order valence-electron chi connectivity index (χ1n) is 6.81. The highest BCUT2D eigenvalue weighted by Crippen LogP contribution is 2.22. The first-order chi connectivity index (χ1) is 9.54. The minimum Gasteiger partial charge on any atom is -0.340 e. The van der Waals surface area contributed by atoms with E-state index in [0.717, 1.165) is 25.8 Å². The average molecular weight is 280 g/mol. The second-order valence-electron chi connectivity index (χ2n) is 5.16. The van der Waals surface area contributed by atoms with Crippen LogP contribution in [-0.2, 0) is 7.05 Å². The molecule has 0 aromatic carbocycles. The maximum Gasteiger partial charge on any atom is 0.287 e. The number of carbonyl (C=O) groups excluding carboxylic acids is 1. The second kappa shape index (κ2) is 6.04. The van der Waals surface area contributed by atoms with Crippen LogP contribution in [0.5, 0.6) is 0 Å². The van der Waals surface area contributed by atoms with E-state index in [2.05, 4.69) is 5.32 Å². The first kappa shape index (κ1) is 14.5. The largest absolute Gasteiger partial charge is 0.340 e. The summed E-state index contributed by atoms with van der Waals surface area (Å²) in [6.45, 7) is 1.46. The summed E-state index contributed by atoms with van der Waals surface area (Å²) in [5.41, 5.74) is 0.331. The van der Waals surface area contributed by atoms with Crippen molar-refractivity contribution in [2.75, 3.05) is 20.1 Å². The molecule has 1 aromatic rings. The summed E-state index contributed by atoms with van der Waals surface area (Å²) in [7, 11) is 3.53. The third-order valence-corrected chi connectivity index (χ3v) is 3.75. The van der Waals surface area contributed by atoms with Gasteiger partial charge in [-0.25, -0.2) is 0 Å². The minimum absolute atomic E-state index is 0.0435. The molecule has 110 valence electrons. The van der Waals surface area contributed by atoms with Crippen molar-refractivity contribution < 1.29 is 9.72 Å². The number of aryl methyl sites for hydroxylation is 1. The van der Waals surface area contributed by atoms with Crippen LogP contribution in [0.4, 0.5) is 5.69 Å². The molecule has 1 fully saturated rings. The zero-order chi connectivity index (χ0) is 14.7. The van der Waals surface area contributed by atoms with E-state index >= 15 is 0 Å². The number of aromatic nitrogens is 1. The molecule has 7 nitrogen and oxygen atoms in total. The third-order valence-electron chi connectivity index (χ3n) is 3.75. The zero-order valence-corrected chi connectivity index (χ0v) is 11.8. The van der Waals surface area contributed by atoms with Crippen molar-refractivity contribution in [3.63, 3.8) is 0 Å². The van der Waals surface area contributed by atoms with Crippen LogP contribution < -0.4 is 5.32 Å². The van der Waals surface area contributed by atoms with Crippen LogP contribution in [0.3, 0.4) is 0 Å². The molecule has 2 rings (SSSR count). The SMILES string of the molecule is CNCC1CCCCN1C(=O)c1cc([N+](=O)[O-])cn1C. The normalized spacial score (nSPS) is 19.1. The highest BCUT2D eigenvalue weighted by molar-refractivity contribution is 5.93. The van der Waals surface area contributed by atoms with Gasteiger partial charge < -0.3 is 14.8 Å². The minimum atomic E-state index is -0.474. The summed E-state index contributed by atoms with van der Waals surface area (Å²) < 4.78 is 1.53. The number of amides is 1. The summed E-state index contributed by atoms with van der Waals surface area (Å²) in [4.78, 5) is 24.7. The van der Waals surface area contributed by atoms with Gasteiger partial charge in [-0.3, -0.25) is 14.9 Å². The van der Waals surface area contributed by atoms with Crippen molar-refractivity contribution in [1.29, 1.82) is 0 Å². The van der Waals surface area contributed by atoms with Crippen molar-refractivity contribution in [2.45, 2.75) is 25.3 Å². The Morgan fingerprint density at radius 1 is 1.55 bits per heavy atom. The molecule has 0 saturated carbocycles. The molecule has 7 heteroatoms. The number of rotatable bonds is 4. The van der Waals surface area contributed by atoms with Gasteiger partial charge in [0.15, 0.2) is 0 Å². The average Bonchev–Trinajstić information content (AvgIpc) is 2.81. The molecule has 0 bridgehead atoms. The Hall–Kier alpha value is -1.89. The summed E-state index contributed by atoms with van der Waals surface area (Å²) >= 11 is 0. The van der Waals surface area contributed by atoms with Gasteiger partial charge in [-0.05, 0) is 26.3 Å². The molecule has 1 amide bonds. The lowest BCUT2D eigenvalue weighted by atomic mass is 10.0. The number of nitrogens with zero attached hydrogens (tertiary/aromatic N) is 3. The smallest absolute Gasteiger partial charge is 0.287 e. The molecule has 1 aromatic heterocycles. The van der Waals surface area contributed by atoms with Gasteiger partial charge >= 0.3 is 0 Å². The number of hydrogen-bond donors (Lipinski definition) is 1. The van der Waals surface area contributed by atoms with E-state index in [-0.39, 0.29) is 17.6 Å². The van der Waals surface area contributed by atoms with E-state index in [1.165, 1.54) is 16.8 Å². The van der Waals surface area contributed by atoms with Crippen molar-refractivity contribution in [2.24, 2.45) is 7.05 Å². The fourth-order valence-corrected chi connectivity index (χ4v) is 2.72. The van der Waals surface area contributed by atoms with Gasteiger partial charge in [-0.1, -0.05) is 0 Å². The summed E-state index contributed by atoms with van der Waals surface area (Å²) in [5, 5.41) is 13.9. The molecular weight excluding hydrogens is 260 g/mol. The highest BCUT2D eigenvalue weighted by atomic mass is 16.6. The Bertz CT molecular complexity index is 510. The quantitative estimate of drug-likeness (QED) is 0.662. The lowest BCUT2D eigenvalue weighted by Crippen LogP contribution is -2.48. The second-order valence-corrected chi connectivity index (χ2v) is 5.16. The van der Waals surface area contributed by atoms with Crippen molar-refractivity contribution in [1.82, 2.24) is 14.8 Å². The number of hydrogen-bond acceptors (Lipinski definition) is 4. The lowest BCUT2D eigenvalue weighted by molar-refractivity contribution is -0.384. The van der Waals surface area contributed by atoms with Crippen molar-refractivity contribution in [3.05, 3.63) is 28.1 Å². The van der Waals surface area contributed by atoms with Crippen molar-refractivity contribution in [3.8, 4) is 0 Å². The van der Waals surface area contributed by atoms with E-state index in [0.29, 0.717) is 12.2 Å². The maximum absolute atomic E-state index is 12.6. The van der Waals surface area contributed by atoms with Crippen LogP contribution in [0.1, 0.15) is 29.8 Å².